The van der Waals surface area contributed by atoms with Crippen molar-refractivity contribution in [1.29, 1.82) is 0 Å². The van der Waals surface area contributed by atoms with E-state index in [2.05, 4.69) is 10.3 Å². The molecule has 0 aliphatic rings. The number of nitrogens with two attached hydrogens (primary N) is 1. The summed E-state index contributed by atoms with van der Waals surface area (Å²) in [6.45, 7) is 2.54. The normalized spacial score (nSPS) is 13.5. The highest BCUT2D eigenvalue weighted by Gasteiger charge is 2.21. The number of sulfone groups is 1. The lowest BCUT2D eigenvalue weighted by Crippen LogP contribution is -2.34. The fourth-order valence-corrected chi connectivity index (χ4v) is 2.17. The second kappa shape index (κ2) is 6.05. The number of aryl methyl sites for hydroxylation is 1. The van der Waals surface area contributed by atoms with E-state index in [4.69, 9.17) is 5.73 Å². The van der Waals surface area contributed by atoms with E-state index in [1.807, 2.05) is 6.92 Å². The number of carbonyl (C=O) groups is 1. The number of rotatable bonds is 7. The van der Waals surface area contributed by atoms with Crippen molar-refractivity contribution in [2.75, 3.05) is 12.0 Å². The molecule has 0 saturated carbocycles. The first-order chi connectivity index (χ1) is 8.35. The van der Waals surface area contributed by atoms with Gasteiger partial charge >= 0.3 is 0 Å². The Hall–Kier alpha value is -1.28. The lowest BCUT2D eigenvalue weighted by atomic mass is 10.1. The van der Waals surface area contributed by atoms with Crippen LogP contribution >= 0.6 is 0 Å². The molecule has 1 atom stereocenters. The van der Waals surface area contributed by atoms with Crippen LogP contribution in [0.25, 0.3) is 0 Å². The van der Waals surface area contributed by atoms with E-state index in [1.54, 1.807) is 0 Å². The summed E-state index contributed by atoms with van der Waals surface area (Å²) in [5.41, 5.74) is 6.03. The maximum Gasteiger partial charge on any atom is 0.199 e. The van der Waals surface area contributed by atoms with Gasteiger partial charge in [0.1, 0.15) is 15.5 Å². The van der Waals surface area contributed by atoms with Crippen LogP contribution in [0.1, 0.15) is 30.3 Å². The summed E-state index contributed by atoms with van der Waals surface area (Å²) in [6, 6.07) is -0.839. The zero-order chi connectivity index (χ0) is 13.8. The molecule has 1 aromatic rings. The average Bonchev–Trinajstić information content (AvgIpc) is 2.72. The Labute approximate surface area is 106 Å². The highest BCUT2D eigenvalue weighted by Crippen LogP contribution is 2.05. The predicted molar refractivity (Wildman–Crippen MR) is 66.9 cm³/mol. The summed E-state index contributed by atoms with van der Waals surface area (Å²) in [7, 11) is -3.11. The molecule has 0 fully saturated rings. The van der Waals surface area contributed by atoms with Crippen LogP contribution in [0.15, 0.2) is 6.20 Å². The van der Waals surface area contributed by atoms with Gasteiger partial charge in [0.05, 0.1) is 18.0 Å². The second-order valence-electron chi connectivity index (χ2n) is 4.23. The molecule has 0 spiro atoms. The molecule has 0 saturated heterocycles. The Morgan fingerprint density at radius 1 is 1.56 bits per heavy atom. The number of ketones is 1. The molecule has 2 N–H and O–H groups in total. The fraction of sp³-hybridized carbons (Fsp3) is 0.700. The predicted octanol–water partition coefficient (Wildman–Crippen LogP) is -0.367. The van der Waals surface area contributed by atoms with E-state index in [1.165, 1.54) is 10.9 Å². The van der Waals surface area contributed by atoms with Crippen molar-refractivity contribution in [3.63, 3.8) is 0 Å². The third-order valence-electron chi connectivity index (χ3n) is 2.44. The maximum atomic E-state index is 12.0. The van der Waals surface area contributed by atoms with E-state index < -0.39 is 15.9 Å². The number of nitrogens with zero attached hydrogens (tertiary/aromatic N) is 3. The lowest BCUT2D eigenvalue weighted by Gasteiger charge is -2.10. The summed E-state index contributed by atoms with van der Waals surface area (Å²) in [4.78, 5) is 12.0. The molecule has 102 valence electrons. The Kier molecular flexibility index (Phi) is 4.97. The van der Waals surface area contributed by atoms with Crippen LogP contribution in [0, 0.1) is 0 Å². The van der Waals surface area contributed by atoms with Crippen LogP contribution in [0.3, 0.4) is 0 Å². The monoisotopic (exact) mass is 274 g/mol. The molecular weight excluding hydrogens is 256 g/mol. The van der Waals surface area contributed by atoms with Crippen molar-refractivity contribution >= 4 is 15.6 Å². The summed E-state index contributed by atoms with van der Waals surface area (Å²) in [6.07, 6.45) is 3.41. The number of hydrogen-bond donors (Lipinski definition) is 1. The summed E-state index contributed by atoms with van der Waals surface area (Å²) in [5.74, 6) is -0.424. The molecule has 0 amide bonds. The van der Waals surface area contributed by atoms with Crippen LogP contribution < -0.4 is 5.73 Å². The van der Waals surface area contributed by atoms with E-state index >= 15 is 0 Å². The van der Waals surface area contributed by atoms with Gasteiger partial charge in [-0.25, -0.2) is 13.1 Å². The summed E-state index contributed by atoms with van der Waals surface area (Å²) in [5, 5.41) is 7.46. The Morgan fingerprint density at radius 2 is 2.22 bits per heavy atom. The number of hydrogen-bond acceptors (Lipinski definition) is 6. The largest absolute Gasteiger partial charge is 0.321 e. The van der Waals surface area contributed by atoms with Crippen LogP contribution in [-0.4, -0.2) is 47.2 Å². The number of Topliss-reactive ketones (excluding diaryl/α,β-unsaturated/α-hetero) is 1. The number of aromatic nitrogens is 3. The zero-order valence-electron chi connectivity index (χ0n) is 10.5. The Balaban J connectivity index is 2.71. The molecule has 1 heterocycles. The molecule has 0 radical (unpaired) electrons. The van der Waals surface area contributed by atoms with Crippen molar-refractivity contribution in [3.05, 3.63) is 11.9 Å². The minimum atomic E-state index is -3.11. The molecule has 1 aromatic heterocycles. The van der Waals surface area contributed by atoms with Gasteiger partial charge in [-0.2, -0.15) is 0 Å². The first-order valence-corrected chi connectivity index (χ1v) is 7.77. The van der Waals surface area contributed by atoms with Gasteiger partial charge in [-0.05, 0) is 12.8 Å². The van der Waals surface area contributed by atoms with Gasteiger partial charge in [0.15, 0.2) is 5.78 Å². The number of carbonyl (C=O) groups excluding carboxylic acids is 1. The third kappa shape index (κ3) is 4.19. The molecule has 1 unspecified atom stereocenters. The Morgan fingerprint density at radius 3 is 2.78 bits per heavy atom. The van der Waals surface area contributed by atoms with E-state index in [0.717, 1.165) is 12.7 Å². The molecule has 7 nitrogen and oxygen atoms in total. The third-order valence-corrected chi connectivity index (χ3v) is 3.42. The molecule has 1 rings (SSSR count). The van der Waals surface area contributed by atoms with Crippen molar-refractivity contribution in [1.82, 2.24) is 15.0 Å². The standard InChI is InChI=1S/C10H18N4O3S/c1-3-5-14-9(7-12-13-14)10(15)8(11)4-6-18(2,16)17/h7-8H,3-6,11H2,1-2H3. The quantitative estimate of drug-likeness (QED) is 0.680. The second-order valence-corrected chi connectivity index (χ2v) is 6.49. The fourth-order valence-electron chi connectivity index (χ4n) is 1.49. The van der Waals surface area contributed by atoms with E-state index in [-0.39, 0.29) is 18.0 Å². The summed E-state index contributed by atoms with van der Waals surface area (Å²) < 4.78 is 23.5. The van der Waals surface area contributed by atoms with Crippen LogP contribution in [0.4, 0.5) is 0 Å². The van der Waals surface area contributed by atoms with Gasteiger partial charge in [0.2, 0.25) is 0 Å². The molecule has 0 aliphatic carbocycles. The van der Waals surface area contributed by atoms with Gasteiger partial charge in [-0.1, -0.05) is 12.1 Å². The van der Waals surface area contributed by atoms with Crippen LogP contribution in [-0.2, 0) is 16.4 Å². The van der Waals surface area contributed by atoms with Gasteiger partial charge in [-0.3, -0.25) is 4.79 Å². The van der Waals surface area contributed by atoms with Gasteiger partial charge in [0, 0.05) is 12.8 Å². The van der Waals surface area contributed by atoms with Crippen molar-refractivity contribution in [2.45, 2.75) is 32.4 Å². The van der Waals surface area contributed by atoms with Crippen molar-refractivity contribution < 1.29 is 13.2 Å². The highest BCUT2D eigenvalue weighted by atomic mass is 32.2. The lowest BCUT2D eigenvalue weighted by molar-refractivity contribution is 0.0949. The minimum absolute atomic E-state index is 0.102. The van der Waals surface area contributed by atoms with Crippen LogP contribution in [0.5, 0.6) is 0 Å². The van der Waals surface area contributed by atoms with Crippen molar-refractivity contribution in [3.8, 4) is 0 Å². The van der Waals surface area contributed by atoms with Gasteiger partial charge in [0.25, 0.3) is 0 Å². The SMILES string of the molecule is CCCn1nncc1C(=O)C(N)CCS(C)(=O)=O. The highest BCUT2D eigenvalue weighted by molar-refractivity contribution is 7.90. The molecule has 18 heavy (non-hydrogen) atoms. The van der Waals surface area contributed by atoms with Crippen LogP contribution in [0.2, 0.25) is 0 Å². The Bertz CT molecular complexity index is 509. The molecule has 0 aromatic carbocycles. The maximum absolute atomic E-state index is 12.0. The molecular formula is C10H18N4O3S. The van der Waals surface area contributed by atoms with Gasteiger partial charge < -0.3 is 5.73 Å². The first kappa shape index (κ1) is 14.8. The first-order valence-electron chi connectivity index (χ1n) is 5.71. The minimum Gasteiger partial charge on any atom is -0.321 e. The zero-order valence-corrected chi connectivity index (χ0v) is 11.4. The van der Waals surface area contributed by atoms with Crippen molar-refractivity contribution in [2.24, 2.45) is 5.73 Å². The molecule has 0 aliphatic heterocycles. The molecule has 0 bridgehead atoms. The van der Waals surface area contributed by atoms with E-state index in [9.17, 15) is 13.2 Å². The topological polar surface area (TPSA) is 108 Å². The average molecular weight is 274 g/mol. The summed E-state index contributed by atoms with van der Waals surface area (Å²) >= 11 is 0. The molecule has 8 heteroatoms. The smallest absolute Gasteiger partial charge is 0.199 e. The van der Waals surface area contributed by atoms with E-state index in [0.29, 0.717) is 12.2 Å². The van der Waals surface area contributed by atoms with Gasteiger partial charge in [-0.15, -0.1) is 5.10 Å².